The van der Waals surface area contributed by atoms with E-state index in [-0.39, 0.29) is 0 Å². The van der Waals surface area contributed by atoms with Crippen LogP contribution in [0.5, 0.6) is 0 Å². The number of rotatable bonds is 7. The van der Waals surface area contributed by atoms with E-state index in [4.69, 9.17) is 23.2 Å². The summed E-state index contributed by atoms with van der Waals surface area (Å²) in [7, 11) is 0. The zero-order valence-electron chi connectivity index (χ0n) is 11.2. The minimum absolute atomic E-state index is 0.541. The van der Waals surface area contributed by atoms with Crippen LogP contribution in [-0.4, -0.2) is 18.3 Å². The van der Waals surface area contributed by atoms with Crippen molar-refractivity contribution in [2.24, 2.45) is 5.92 Å². The van der Waals surface area contributed by atoms with Gasteiger partial charge in [0.25, 0.3) is 0 Å². The third-order valence-corrected chi connectivity index (χ3v) is 4.97. The minimum Gasteiger partial charge on any atom is -0.313 e. The molecule has 0 aromatic heterocycles. The largest absolute Gasteiger partial charge is 0.313 e. The van der Waals surface area contributed by atoms with Crippen molar-refractivity contribution in [2.45, 2.75) is 38.1 Å². The van der Waals surface area contributed by atoms with Crippen LogP contribution in [0.3, 0.4) is 0 Å². The van der Waals surface area contributed by atoms with Crippen molar-refractivity contribution in [2.75, 3.05) is 12.3 Å². The first-order chi connectivity index (χ1) is 8.58. The summed E-state index contributed by atoms with van der Waals surface area (Å²) in [6.45, 7) is 7.69. The molecule has 1 rings (SSSR count). The van der Waals surface area contributed by atoms with Gasteiger partial charge in [0.05, 0.1) is 10.0 Å². The molecule has 1 aromatic carbocycles. The van der Waals surface area contributed by atoms with Crippen LogP contribution in [0.15, 0.2) is 23.1 Å². The van der Waals surface area contributed by atoms with E-state index in [2.05, 4.69) is 26.1 Å². The van der Waals surface area contributed by atoms with Gasteiger partial charge in [0.15, 0.2) is 0 Å². The lowest BCUT2D eigenvalue weighted by molar-refractivity contribution is 0.404. The number of halogens is 2. The summed E-state index contributed by atoms with van der Waals surface area (Å²) >= 11 is 13.8. The zero-order valence-corrected chi connectivity index (χ0v) is 13.5. The average molecular weight is 306 g/mol. The maximum Gasteiger partial charge on any atom is 0.0603 e. The Morgan fingerprint density at radius 1 is 1.22 bits per heavy atom. The van der Waals surface area contributed by atoms with Gasteiger partial charge < -0.3 is 5.32 Å². The van der Waals surface area contributed by atoms with Crippen LogP contribution in [0.1, 0.15) is 27.2 Å². The molecular formula is C14H21Cl2NS. The molecule has 0 saturated heterocycles. The van der Waals surface area contributed by atoms with E-state index in [1.165, 1.54) is 11.3 Å². The Balaban J connectivity index is 2.58. The summed E-state index contributed by atoms with van der Waals surface area (Å²) in [5, 5.41) is 4.80. The van der Waals surface area contributed by atoms with Gasteiger partial charge >= 0.3 is 0 Å². The summed E-state index contributed by atoms with van der Waals surface area (Å²) in [6.07, 6.45) is 1.19. The fraction of sp³-hybridized carbons (Fsp3) is 0.571. The monoisotopic (exact) mass is 305 g/mol. The van der Waals surface area contributed by atoms with Gasteiger partial charge in [-0.1, -0.05) is 50.4 Å². The molecule has 1 aromatic rings. The van der Waals surface area contributed by atoms with Crippen LogP contribution in [0.25, 0.3) is 0 Å². The van der Waals surface area contributed by atoms with Crippen LogP contribution in [0.2, 0.25) is 10.0 Å². The molecular weight excluding hydrogens is 285 g/mol. The lowest BCUT2D eigenvalue weighted by Gasteiger charge is -2.23. The smallest absolute Gasteiger partial charge is 0.0603 e. The number of nitrogens with one attached hydrogen (secondary N) is 1. The molecule has 0 aliphatic rings. The highest BCUT2D eigenvalue weighted by molar-refractivity contribution is 7.99. The second kappa shape index (κ2) is 8.31. The molecule has 0 saturated carbocycles. The number of hydrogen-bond acceptors (Lipinski definition) is 2. The molecule has 0 radical (unpaired) electrons. The average Bonchev–Trinajstić information content (AvgIpc) is 2.37. The molecule has 0 aliphatic carbocycles. The maximum absolute atomic E-state index is 6.02. The van der Waals surface area contributed by atoms with E-state index < -0.39 is 0 Å². The first kappa shape index (κ1) is 16.2. The van der Waals surface area contributed by atoms with E-state index in [0.717, 1.165) is 12.3 Å². The molecule has 4 heteroatoms. The van der Waals surface area contributed by atoms with Crippen molar-refractivity contribution < 1.29 is 0 Å². The second-order valence-electron chi connectivity index (χ2n) is 4.44. The Bertz CT molecular complexity index is 371. The zero-order chi connectivity index (χ0) is 13.5. The highest BCUT2D eigenvalue weighted by atomic mass is 35.5. The Morgan fingerprint density at radius 3 is 2.50 bits per heavy atom. The molecule has 0 spiro atoms. The molecule has 102 valence electrons. The predicted octanol–water partition coefficient (Wildman–Crippen LogP) is 5.11. The van der Waals surface area contributed by atoms with Crippen LogP contribution >= 0.6 is 35.0 Å². The van der Waals surface area contributed by atoms with Gasteiger partial charge in [0.1, 0.15) is 0 Å². The van der Waals surface area contributed by atoms with Gasteiger partial charge in [-0.2, -0.15) is 0 Å². The third-order valence-electron chi connectivity index (χ3n) is 3.12. The number of thioether (sulfide) groups is 1. The van der Waals surface area contributed by atoms with Crippen molar-refractivity contribution in [3.63, 3.8) is 0 Å². The van der Waals surface area contributed by atoms with Crippen molar-refractivity contribution in [3.8, 4) is 0 Å². The molecule has 18 heavy (non-hydrogen) atoms. The Morgan fingerprint density at radius 2 is 1.94 bits per heavy atom. The van der Waals surface area contributed by atoms with Crippen LogP contribution in [0.4, 0.5) is 0 Å². The van der Waals surface area contributed by atoms with Gasteiger partial charge in [0.2, 0.25) is 0 Å². The molecule has 2 unspecified atom stereocenters. The van der Waals surface area contributed by atoms with Crippen LogP contribution in [0, 0.1) is 5.92 Å². The summed E-state index contributed by atoms with van der Waals surface area (Å²) in [5.41, 5.74) is 0. The molecule has 0 heterocycles. The van der Waals surface area contributed by atoms with Crippen molar-refractivity contribution in [3.05, 3.63) is 28.2 Å². The standard InChI is InChI=1S/C14H21Cl2NS/c1-4-10(3)14(17-5-2)9-18-11-6-7-12(15)13(16)8-11/h6-8,10,14,17H,4-5,9H2,1-3H3. The fourth-order valence-corrected chi connectivity index (χ4v) is 3.27. The summed E-state index contributed by atoms with van der Waals surface area (Å²) in [6, 6.07) is 6.36. The first-order valence-electron chi connectivity index (χ1n) is 6.39. The Labute approximate surface area is 125 Å². The number of hydrogen-bond donors (Lipinski definition) is 1. The SMILES string of the molecule is CCNC(CSc1ccc(Cl)c(Cl)c1)C(C)CC. The second-order valence-corrected chi connectivity index (χ2v) is 6.34. The Kier molecular flexibility index (Phi) is 7.47. The molecule has 1 nitrogen and oxygen atoms in total. The Hall–Kier alpha value is 0.110. The summed E-state index contributed by atoms with van der Waals surface area (Å²) in [4.78, 5) is 1.18. The molecule has 2 atom stereocenters. The lowest BCUT2D eigenvalue weighted by atomic mass is 10.0. The van der Waals surface area contributed by atoms with Crippen molar-refractivity contribution >= 4 is 35.0 Å². The minimum atomic E-state index is 0.541. The van der Waals surface area contributed by atoms with Gasteiger partial charge in [-0.05, 0) is 30.7 Å². The van der Waals surface area contributed by atoms with E-state index in [9.17, 15) is 0 Å². The van der Waals surface area contributed by atoms with Gasteiger partial charge in [-0.15, -0.1) is 11.8 Å². The summed E-state index contributed by atoms with van der Waals surface area (Å²) in [5.74, 6) is 1.74. The molecule has 1 N–H and O–H groups in total. The van der Waals surface area contributed by atoms with E-state index >= 15 is 0 Å². The summed E-state index contributed by atoms with van der Waals surface area (Å²) < 4.78 is 0. The van der Waals surface area contributed by atoms with Crippen LogP contribution in [-0.2, 0) is 0 Å². The predicted molar refractivity (Wildman–Crippen MR) is 84.1 cm³/mol. The highest BCUT2D eigenvalue weighted by Gasteiger charge is 2.14. The maximum atomic E-state index is 6.02. The molecule has 0 amide bonds. The van der Waals surface area contributed by atoms with Crippen molar-refractivity contribution in [1.29, 1.82) is 0 Å². The van der Waals surface area contributed by atoms with E-state index in [0.29, 0.717) is 22.0 Å². The third kappa shape index (κ3) is 5.00. The van der Waals surface area contributed by atoms with E-state index in [1.807, 2.05) is 30.0 Å². The van der Waals surface area contributed by atoms with Gasteiger partial charge in [-0.3, -0.25) is 0 Å². The molecule has 0 fully saturated rings. The van der Waals surface area contributed by atoms with Gasteiger partial charge in [-0.25, -0.2) is 0 Å². The quantitative estimate of drug-likeness (QED) is 0.703. The molecule has 0 bridgehead atoms. The topological polar surface area (TPSA) is 12.0 Å². The number of benzene rings is 1. The van der Waals surface area contributed by atoms with Crippen molar-refractivity contribution in [1.82, 2.24) is 5.32 Å². The van der Waals surface area contributed by atoms with E-state index in [1.54, 1.807) is 0 Å². The molecule has 0 aliphatic heterocycles. The fourth-order valence-electron chi connectivity index (χ4n) is 1.72. The highest BCUT2D eigenvalue weighted by Crippen LogP contribution is 2.29. The lowest BCUT2D eigenvalue weighted by Crippen LogP contribution is -2.36. The van der Waals surface area contributed by atoms with Gasteiger partial charge in [0, 0.05) is 16.7 Å². The normalized spacial score (nSPS) is 14.5. The first-order valence-corrected chi connectivity index (χ1v) is 8.13. The van der Waals surface area contributed by atoms with Crippen LogP contribution < -0.4 is 5.32 Å².